The van der Waals surface area contributed by atoms with Crippen LogP contribution in [0, 0.1) is 0 Å². The fourth-order valence-electron chi connectivity index (χ4n) is 4.06. The minimum Gasteiger partial charge on any atom is -0.490 e. The molecule has 0 radical (unpaired) electrons. The molecule has 0 atom stereocenters. The molecule has 4 aromatic rings. The highest BCUT2D eigenvalue weighted by atomic mass is 35.5. The maximum Gasteiger partial charge on any atom is 0.335 e. The number of carboxylic acids is 1. The second-order valence-electron chi connectivity index (χ2n) is 8.59. The van der Waals surface area contributed by atoms with E-state index in [1.807, 2.05) is 56.3 Å². The molecule has 0 aliphatic carbocycles. The molecule has 2 N–H and O–H groups in total. The van der Waals surface area contributed by atoms with Crippen LogP contribution in [-0.4, -0.2) is 32.9 Å². The zero-order valence-electron chi connectivity index (χ0n) is 19.7. The van der Waals surface area contributed by atoms with Crippen molar-refractivity contribution in [3.8, 4) is 17.0 Å². The number of carbonyl (C=O) groups is 1. The van der Waals surface area contributed by atoms with Crippen molar-refractivity contribution < 1.29 is 14.6 Å². The topological polar surface area (TPSA) is 96.7 Å². The molecule has 0 fully saturated rings. The molecule has 3 aromatic carbocycles. The van der Waals surface area contributed by atoms with Gasteiger partial charge in [0, 0.05) is 39.2 Å². The lowest BCUT2D eigenvalue weighted by Gasteiger charge is -2.17. The number of halogens is 1. The number of hydrogen-bond donors (Lipinski definition) is 2. The lowest BCUT2D eigenvalue weighted by Crippen LogP contribution is -2.12. The molecule has 0 saturated heterocycles. The predicted octanol–water partition coefficient (Wildman–Crippen LogP) is 7.01. The first-order valence-electron chi connectivity index (χ1n) is 11.5. The lowest BCUT2D eigenvalue weighted by atomic mass is 9.95. The first kappa shape index (κ1) is 25.9. The van der Waals surface area contributed by atoms with Gasteiger partial charge in [0.05, 0.1) is 29.6 Å². The van der Waals surface area contributed by atoms with Gasteiger partial charge in [0.25, 0.3) is 0 Å². The number of anilines is 2. The van der Waals surface area contributed by atoms with E-state index in [-0.39, 0.29) is 19.1 Å². The standard InChI is InChI=1S/C28H23ClN4O3.CH4/c1-16(2)36-24-6-4-3-5-22(24)26-23-13-19(29)9-12-21(23)25-18(14-30-26)15-31-28(33-25)32-20-10-7-17(8-11-20)27(34)35;/h3-13,15-16H,14H2,1-2H3,(H,34,35)(H,31,32,33);1H4. The van der Waals surface area contributed by atoms with Crippen LogP contribution in [0.4, 0.5) is 11.6 Å². The van der Waals surface area contributed by atoms with E-state index in [0.717, 1.165) is 39.4 Å². The summed E-state index contributed by atoms with van der Waals surface area (Å²) in [7, 11) is 0. The van der Waals surface area contributed by atoms with E-state index in [1.165, 1.54) is 12.1 Å². The van der Waals surface area contributed by atoms with Gasteiger partial charge in [-0.15, -0.1) is 0 Å². The number of rotatable bonds is 6. The molecule has 5 rings (SSSR count). The molecule has 0 unspecified atom stereocenters. The number of aromatic carboxylic acids is 1. The summed E-state index contributed by atoms with van der Waals surface area (Å²) in [5.41, 5.74) is 5.92. The zero-order chi connectivity index (χ0) is 25.2. The lowest BCUT2D eigenvalue weighted by molar-refractivity contribution is 0.0697. The third-order valence-corrected chi connectivity index (χ3v) is 5.89. The van der Waals surface area contributed by atoms with Crippen molar-refractivity contribution >= 4 is 34.9 Å². The molecule has 0 saturated carbocycles. The maximum absolute atomic E-state index is 11.1. The number of aliphatic imine (C=N–C) groups is 1. The second-order valence-corrected chi connectivity index (χ2v) is 9.03. The Bertz CT molecular complexity index is 1480. The summed E-state index contributed by atoms with van der Waals surface area (Å²) in [5.74, 6) is 0.167. The number of benzene rings is 3. The number of para-hydroxylation sites is 1. The van der Waals surface area contributed by atoms with Gasteiger partial charge in [-0.1, -0.05) is 37.2 Å². The first-order chi connectivity index (χ1) is 17.4. The smallest absolute Gasteiger partial charge is 0.335 e. The van der Waals surface area contributed by atoms with Crippen molar-refractivity contribution in [2.45, 2.75) is 33.9 Å². The molecule has 7 nitrogen and oxygen atoms in total. The molecule has 1 aromatic heterocycles. The SMILES string of the molecule is C.CC(C)Oc1ccccc1C1=NCc2cnc(Nc3ccc(C(=O)O)cc3)nc2-c2ccc(Cl)cc21. The van der Waals surface area contributed by atoms with Gasteiger partial charge in [0.1, 0.15) is 5.75 Å². The van der Waals surface area contributed by atoms with Gasteiger partial charge in [-0.2, -0.15) is 0 Å². The van der Waals surface area contributed by atoms with Crippen LogP contribution in [0.15, 0.2) is 77.9 Å². The zero-order valence-corrected chi connectivity index (χ0v) is 20.5. The summed E-state index contributed by atoms with van der Waals surface area (Å²) in [6, 6.07) is 19.9. The molecule has 0 bridgehead atoms. The van der Waals surface area contributed by atoms with Gasteiger partial charge in [-0.05, 0) is 62.4 Å². The van der Waals surface area contributed by atoms with Crippen LogP contribution >= 0.6 is 11.6 Å². The van der Waals surface area contributed by atoms with Crippen molar-refractivity contribution in [2.75, 3.05) is 5.32 Å². The largest absolute Gasteiger partial charge is 0.490 e. The first-order valence-corrected chi connectivity index (χ1v) is 11.8. The van der Waals surface area contributed by atoms with Crippen LogP contribution in [-0.2, 0) is 6.54 Å². The monoisotopic (exact) mass is 514 g/mol. The minimum absolute atomic E-state index is 0. The molecule has 0 spiro atoms. The fraction of sp³-hybridized carbons (Fsp3) is 0.172. The van der Waals surface area contributed by atoms with E-state index in [2.05, 4.69) is 10.3 Å². The molecular weight excluding hydrogens is 488 g/mol. The quantitative estimate of drug-likeness (QED) is 0.287. The van der Waals surface area contributed by atoms with Crippen molar-refractivity contribution in [1.82, 2.24) is 9.97 Å². The number of aromatic nitrogens is 2. The second kappa shape index (κ2) is 10.8. The Labute approximate surface area is 220 Å². The highest BCUT2D eigenvalue weighted by Gasteiger charge is 2.23. The van der Waals surface area contributed by atoms with Crippen LogP contribution in [0.5, 0.6) is 5.75 Å². The van der Waals surface area contributed by atoms with Crippen molar-refractivity contribution in [3.63, 3.8) is 0 Å². The maximum atomic E-state index is 11.1. The van der Waals surface area contributed by atoms with Crippen LogP contribution in [0.3, 0.4) is 0 Å². The number of fused-ring (bicyclic) bond motifs is 3. The van der Waals surface area contributed by atoms with Crippen LogP contribution in [0.1, 0.15) is 48.3 Å². The average Bonchev–Trinajstić information content (AvgIpc) is 3.01. The summed E-state index contributed by atoms with van der Waals surface area (Å²) in [6.07, 6.45) is 1.77. The van der Waals surface area contributed by atoms with Gasteiger partial charge in [-0.25, -0.2) is 14.8 Å². The van der Waals surface area contributed by atoms with E-state index in [9.17, 15) is 4.79 Å². The van der Waals surface area contributed by atoms with Crippen LogP contribution < -0.4 is 10.1 Å². The summed E-state index contributed by atoms with van der Waals surface area (Å²) in [6.45, 7) is 4.37. The molecule has 1 aliphatic rings. The number of hydrogen-bond acceptors (Lipinski definition) is 6. The van der Waals surface area contributed by atoms with Gasteiger partial charge in [-0.3, -0.25) is 4.99 Å². The van der Waals surface area contributed by atoms with E-state index in [0.29, 0.717) is 23.2 Å². The highest BCUT2D eigenvalue weighted by molar-refractivity contribution is 6.31. The Hall–Kier alpha value is -4.23. The molecule has 1 aliphatic heterocycles. The van der Waals surface area contributed by atoms with E-state index in [4.69, 9.17) is 31.4 Å². The van der Waals surface area contributed by atoms with Crippen molar-refractivity contribution in [1.29, 1.82) is 0 Å². The fourth-order valence-corrected chi connectivity index (χ4v) is 4.23. The summed E-state index contributed by atoms with van der Waals surface area (Å²) >= 11 is 6.43. The number of nitrogens with one attached hydrogen (secondary N) is 1. The van der Waals surface area contributed by atoms with E-state index >= 15 is 0 Å². The van der Waals surface area contributed by atoms with Gasteiger partial charge in [0.2, 0.25) is 5.95 Å². The predicted molar refractivity (Wildman–Crippen MR) is 147 cm³/mol. The molecule has 0 amide bonds. The number of ether oxygens (including phenoxy) is 1. The average molecular weight is 515 g/mol. The normalized spacial score (nSPS) is 11.9. The van der Waals surface area contributed by atoms with E-state index in [1.54, 1.807) is 18.3 Å². The van der Waals surface area contributed by atoms with Crippen LogP contribution in [0.25, 0.3) is 11.3 Å². The van der Waals surface area contributed by atoms with Crippen LogP contribution in [0.2, 0.25) is 5.02 Å². The van der Waals surface area contributed by atoms with Gasteiger partial charge >= 0.3 is 5.97 Å². The summed E-state index contributed by atoms with van der Waals surface area (Å²) < 4.78 is 6.08. The van der Waals surface area contributed by atoms with Gasteiger partial charge < -0.3 is 15.2 Å². The Morgan fingerprint density at radius 3 is 2.51 bits per heavy atom. The molecule has 2 heterocycles. The molecule has 188 valence electrons. The van der Waals surface area contributed by atoms with Crippen molar-refractivity contribution in [3.05, 3.63) is 100 Å². The number of nitrogens with zero attached hydrogens (tertiary/aromatic N) is 3. The molecule has 8 heteroatoms. The Morgan fingerprint density at radius 1 is 1.03 bits per heavy atom. The molecular formula is C29H27ClN4O3. The number of carboxylic acid groups (broad SMARTS) is 1. The Kier molecular flexibility index (Phi) is 7.55. The molecule has 37 heavy (non-hydrogen) atoms. The Balaban J connectivity index is 0.00000320. The van der Waals surface area contributed by atoms with Crippen molar-refractivity contribution in [2.24, 2.45) is 4.99 Å². The highest BCUT2D eigenvalue weighted by Crippen LogP contribution is 2.35. The van der Waals surface area contributed by atoms with Gasteiger partial charge in [0.15, 0.2) is 0 Å². The Morgan fingerprint density at radius 2 is 1.78 bits per heavy atom. The van der Waals surface area contributed by atoms with E-state index < -0.39 is 5.97 Å². The third kappa shape index (κ3) is 5.47. The third-order valence-electron chi connectivity index (χ3n) is 5.66. The minimum atomic E-state index is -0.978. The summed E-state index contributed by atoms with van der Waals surface area (Å²) in [4.78, 5) is 25.4. The summed E-state index contributed by atoms with van der Waals surface area (Å²) in [5, 5.41) is 12.9.